The maximum Gasteiger partial charge on any atom is 0.305 e. The van der Waals surface area contributed by atoms with Crippen molar-refractivity contribution in [1.29, 1.82) is 0 Å². The van der Waals surface area contributed by atoms with Gasteiger partial charge in [0.15, 0.2) is 0 Å². The predicted molar refractivity (Wildman–Crippen MR) is 108 cm³/mol. The summed E-state index contributed by atoms with van der Waals surface area (Å²) in [6.45, 7) is 0. The van der Waals surface area contributed by atoms with E-state index in [0.29, 0.717) is 15.7 Å². The van der Waals surface area contributed by atoms with Crippen LogP contribution in [0, 0.1) is 5.92 Å². The topological polar surface area (TPSA) is 83.1 Å². The number of rotatable bonds is 2. The highest BCUT2D eigenvalue weighted by molar-refractivity contribution is 8.00. The zero-order chi connectivity index (χ0) is 19.4. The summed E-state index contributed by atoms with van der Waals surface area (Å²) in [5.41, 5.74) is 1.31. The minimum absolute atomic E-state index is 0.194. The van der Waals surface area contributed by atoms with E-state index in [1.807, 2.05) is 6.07 Å². The van der Waals surface area contributed by atoms with Crippen molar-refractivity contribution in [3.8, 4) is 0 Å². The molecular formula is C19H12ClN3O3S2. The Morgan fingerprint density at radius 3 is 2.57 bits per heavy atom. The van der Waals surface area contributed by atoms with Gasteiger partial charge in [-0.1, -0.05) is 40.8 Å². The number of carbonyl (C=O) groups is 2. The van der Waals surface area contributed by atoms with Crippen LogP contribution in [0.5, 0.6) is 0 Å². The lowest BCUT2D eigenvalue weighted by Gasteiger charge is -2.29. The molecule has 2 amide bonds. The van der Waals surface area contributed by atoms with E-state index < -0.39 is 17.1 Å². The van der Waals surface area contributed by atoms with Crippen molar-refractivity contribution in [3.05, 3.63) is 73.9 Å². The molecule has 0 radical (unpaired) electrons. The lowest BCUT2D eigenvalue weighted by Crippen LogP contribution is -2.32. The van der Waals surface area contributed by atoms with Crippen molar-refractivity contribution in [2.24, 2.45) is 5.92 Å². The van der Waals surface area contributed by atoms with Crippen LogP contribution >= 0.6 is 34.7 Å². The zero-order valence-electron chi connectivity index (χ0n) is 14.2. The van der Waals surface area contributed by atoms with Gasteiger partial charge in [-0.25, -0.2) is 4.90 Å². The Labute approximate surface area is 172 Å². The number of halogens is 1. The number of thiazole rings is 1. The highest BCUT2D eigenvalue weighted by Crippen LogP contribution is 2.52. The smallest absolute Gasteiger partial charge is 0.305 e. The van der Waals surface area contributed by atoms with Crippen molar-refractivity contribution in [2.75, 3.05) is 4.90 Å². The van der Waals surface area contributed by atoms with Gasteiger partial charge in [0.2, 0.25) is 11.8 Å². The van der Waals surface area contributed by atoms with Gasteiger partial charge in [-0.05, 0) is 35.9 Å². The summed E-state index contributed by atoms with van der Waals surface area (Å²) in [7, 11) is 0. The van der Waals surface area contributed by atoms with Gasteiger partial charge in [-0.3, -0.25) is 19.4 Å². The maximum absolute atomic E-state index is 13.4. The number of hydrogen-bond acceptors (Lipinski definition) is 6. The zero-order valence-corrected chi connectivity index (χ0v) is 16.6. The number of fused-ring (bicyclic) bond motifs is 2. The average molecular weight is 430 g/mol. The molecule has 0 spiro atoms. The van der Waals surface area contributed by atoms with Crippen LogP contribution in [0.15, 0.2) is 58.6 Å². The van der Waals surface area contributed by atoms with Gasteiger partial charge >= 0.3 is 4.87 Å². The Balaban J connectivity index is 1.65. The van der Waals surface area contributed by atoms with Crippen LogP contribution in [0.4, 0.5) is 5.69 Å². The number of aromatic amines is 1. The Morgan fingerprint density at radius 1 is 1.07 bits per heavy atom. The molecular weight excluding hydrogens is 418 g/mol. The van der Waals surface area contributed by atoms with Gasteiger partial charge in [0.25, 0.3) is 0 Å². The number of nitrogens with zero attached hydrogens (tertiary/aromatic N) is 2. The Kier molecular flexibility index (Phi) is 4.15. The van der Waals surface area contributed by atoms with Crippen molar-refractivity contribution < 1.29 is 9.59 Å². The standard InChI is InChI=1S/C19H12ClN3O3S2/c20-10-3-5-11(6-4-10)23-17(24)13-12(9-2-1-7-21-8-9)14-16(22-19(26)28-14)27-15(13)18(23)25/h1-8,12-13,15H,(H,22,26)/t12-,13-,15+/m0/s1. The first kappa shape index (κ1) is 17.7. The Hall–Kier alpha value is -2.42. The number of anilines is 1. The third-order valence-corrected chi connectivity index (χ3v) is 7.61. The maximum atomic E-state index is 13.4. The fourth-order valence-electron chi connectivity index (χ4n) is 3.78. The Morgan fingerprint density at radius 2 is 1.86 bits per heavy atom. The van der Waals surface area contributed by atoms with E-state index in [1.165, 1.54) is 16.7 Å². The normalized spacial score (nSPS) is 23.6. The predicted octanol–water partition coefficient (Wildman–Crippen LogP) is 3.28. The monoisotopic (exact) mass is 429 g/mol. The number of benzene rings is 1. The van der Waals surface area contributed by atoms with Gasteiger partial charge in [-0.15, -0.1) is 0 Å². The van der Waals surface area contributed by atoms with Crippen molar-refractivity contribution in [1.82, 2.24) is 9.97 Å². The van der Waals surface area contributed by atoms with Crippen LogP contribution in [0.2, 0.25) is 5.02 Å². The van der Waals surface area contributed by atoms with Crippen LogP contribution in [0.25, 0.3) is 0 Å². The molecule has 2 aliphatic rings. The number of H-pyrrole nitrogens is 1. The summed E-state index contributed by atoms with van der Waals surface area (Å²) in [6.07, 6.45) is 3.34. The molecule has 3 aromatic rings. The first-order chi connectivity index (χ1) is 13.5. The summed E-state index contributed by atoms with van der Waals surface area (Å²) in [6, 6.07) is 10.3. The van der Waals surface area contributed by atoms with Crippen molar-refractivity contribution in [2.45, 2.75) is 16.2 Å². The van der Waals surface area contributed by atoms with E-state index in [-0.39, 0.29) is 16.7 Å². The van der Waals surface area contributed by atoms with Gasteiger partial charge in [-0.2, -0.15) is 0 Å². The molecule has 0 bridgehead atoms. The molecule has 1 aromatic carbocycles. The molecule has 28 heavy (non-hydrogen) atoms. The van der Waals surface area contributed by atoms with E-state index in [0.717, 1.165) is 21.8 Å². The molecule has 1 fully saturated rings. The average Bonchev–Trinajstić information content (AvgIpc) is 3.18. The summed E-state index contributed by atoms with van der Waals surface area (Å²) in [5, 5.41) is 0.581. The highest BCUT2D eigenvalue weighted by Gasteiger charge is 2.56. The number of nitrogens with one attached hydrogen (secondary N) is 1. The molecule has 2 aromatic heterocycles. The SMILES string of the molecule is O=C1[C@H]2[C@H](c3cccnc3)c3sc(=O)[nH]c3S[C@H]2C(=O)N1c1ccc(Cl)cc1. The van der Waals surface area contributed by atoms with Crippen LogP contribution in [-0.4, -0.2) is 27.0 Å². The summed E-state index contributed by atoms with van der Waals surface area (Å²) in [4.78, 5) is 47.3. The molecule has 4 heterocycles. The number of carbonyl (C=O) groups excluding carboxylic acids is 2. The van der Waals surface area contributed by atoms with E-state index >= 15 is 0 Å². The number of pyridine rings is 1. The molecule has 1 N–H and O–H groups in total. The van der Waals surface area contributed by atoms with Crippen LogP contribution in [-0.2, 0) is 9.59 Å². The summed E-state index contributed by atoms with van der Waals surface area (Å²) in [5.74, 6) is -1.55. The molecule has 0 saturated carbocycles. The summed E-state index contributed by atoms with van der Waals surface area (Å²) < 4.78 is 0. The minimum atomic E-state index is -0.605. The molecule has 140 valence electrons. The quantitative estimate of drug-likeness (QED) is 0.632. The highest BCUT2D eigenvalue weighted by atomic mass is 35.5. The van der Waals surface area contributed by atoms with Crippen LogP contribution < -0.4 is 9.77 Å². The van der Waals surface area contributed by atoms with Crippen molar-refractivity contribution >= 4 is 52.2 Å². The summed E-state index contributed by atoms with van der Waals surface area (Å²) >= 11 is 8.29. The van der Waals surface area contributed by atoms with Gasteiger partial charge in [0.1, 0.15) is 5.25 Å². The molecule has 9 heteroatoms. The lowest BCUT2D eigenvalue weighted by molar-refractivity contribution is -0.122. The number of thioether (sulfide) groups is 1. The Bertz CT molecular complexity index is 1140. The fourth-order valence-corrected chi connectivity index (χ4v) is 6.42. The van der Waals surface area contributed by atoms with E-state index in [2.05, 4.69) is 9.97 Å². The van der Waals surface area contributed by atoms with Crippen LogP contribution in [0.1, 0.15) is 16.4 Å². The third kappa shape index (κ3) is 2.63. The molecule has 6 nitrogen and oxygen atoms in total. The fraction of sp³-hybridized carbons (Fsp3) is 0.158. The van der Waals surface area contributed by atoms with Gasteiger partial charge in [0, 0.05) is 28.2 Å². The molecule has 0 aliphatic carbocycles. The van der Waals surface area contributed by atoms with Crippen molar-refractivity contribution in [3.63, 3.8) is 0 Å². The molecule has 1 saturated heterocycles. The van der Waals surface area contributed by atoms with E-state index in [4.69, 9.17) is 11.6 Å². The molecule has 5 rings (SSSR count). The number of amides is 2. The van der Waals surface area contributed by atoms with Gasteiger partial charge in [0.05, 0.1) is 16.6 Å². The molecule has 0 unspecified atom stereocenters. The van der Waals surface area contributed by atoms with Gasteiger partial charge < -0.3 is 4.98 Å². The second kappa shape index (κ2) is 6.58. The van der Waals surface area contributed by atoms with E-state index in [9.17, 15) is 14.4 Å². The number of hydrogen-bond donors (Lipinski definition) is 1. The largest absolute Gasteiger partial charge is 0.307 e. The number of imide groups is 1. The minimum Gasteiger partial charge on any atom is -0.307 e. The van der Waals surface area contributed by atoms with Crippen LogP contribution in [0.3, 0.4) is 0 Å². The first-order valence-corrected chi connectivity index (χ1v) is 10.5. The third-order valence-electron chi connectivity index (χ3n) is 4.95. The molecule has 2 aliphatic heterocycles. The second-order valence-corrected chi connectivity index (χ2v) is 9.13. The van der Waals surface area contributed by atoms with E-state index in [1.54, 1.807) is 42.7 Å². The first-order valence-electron chi connectivity index (χ1n) is 8.47. The number of aromatic nitrogens is 2. The molecule has 3 atom stereocenters. The lowest BCUT2D eigenvalue weighted by atomic mass is 9.84. The second-order valence-electron chi connectivity index (χ2n) is 6.52.